The van der Waals surface area contributed by atoms with E-state index in [9.17, 15) is 5.11 Å². The first-order valence-electron chi connectivity index (χ1n) is 6.93. The van der Waals surface area contributed by atoms with E-state index in [1.165, 1.54) is 5.56 Å². The van der Waals surface area contributed by atoms with Crippen LogP contribution in [-0.2, 0) is 5.75 Å². The van der Waals surface area contributed by atoms with Crippen molar-refractivity contribution in [3.05, 3.63) is 58.6 Å². The molecule has 0 unspecified atom stereocenters. The minimum Gasteiger partial charge on any atom is -0.508 e. The first-order chi connectivity index (χ1) is 10.6. The number of aromatic nitrogens is 2. The van der Waals surface area contributed by atoms with Crippen LogP contribution in [0.15, 0.2) is 47.4 Å². The van der Waals surface area contributed by atoms with E-state index in [4.69, 9.17) is 0 Å². The summed E-state index contributed by atoms with van der Waals surface area (Å²) in [6.07, 6.45) is 0. The number of rotatable bonds is 4. The molecule has 2 aromatic carbocycles. The van der Waals surface area contributed by atoms with Crippen LogP contribution >= 0.6 is 23.1 Å². The van der Waals surface area contributed by atoms with Gasteiger partial charge in [-0.1, -0.05) is 41.2 Å². The predicted octanol–water partition coefficient (Wildman–Crippen LogP) is 4.82. The molecular formula is C17H16N2OS2. The van der Waals surface area contributed by atoms with Gasteiger partial charge < -0.3 is 5.11 Å². The largest absolute Gasteiger partial charge is 0.508 e. The monoisotopic (exact) mass is 328 g/mol. The minimum atomic E-state index is 0.335. The zero-order valence-corrected chi connectivity index (χ0v) is 14.0. The third-order valence-electron chi connectivity index (χ3n) is 3.30. The van der Waals surface area contributed by atoms with Crippen LogP contribution in [0.5, 0.6) is 5.75 Å². The highest BCUT2D eigenvalue weighted by molar-refractivity contribution is 7.98. The fraction of sp³-hybridized carbons (Fsp3) is 0.176. The lowest BCUT2D eigenvalue weighted by atomic mass is 10.2. The molecule has 0 amide bonds. The Hall–Kier alpha value is -1.85. The van der Waals surface area contributed by atoms with E-state index >= 15 is 0 Å². The Morgan fingerprint density at radius 3 is 2.55 bits per heavy atom. The van der Waals surface area contributed by atoms with Gasteiger partial charge in [0.2, 0.25) is 0 Å². The summed E-state index contributed by atoms with van der Waals surface area (Å²) in [6, 6.07) is 14.0. The number of benzene rings is 2. The topological polar surface area (TPSA) is 46.0 Å². The standard InChI is InChI=1S/C17H16N2OS2/c1-11-3-5-13(6-4-11)17-19-18-16(22-17)10-21-14-7-8-15(20)12(2)9-14/h3-9,20H,10H2,1-2H3. The number of nitrogens with zero attached hydrogens (tertiary/aromatic N) is 2. The maximum atomic E-state index is 9.55. The van der Waals surface area contributed by atoms with Crippen LogP contribution in [0.3, 0.4) is 0 Å². The Bertz CT molecular complexity index is 782. The Morgan fingerprint density at radius 1 is 1.05 bits per heavy atom. The van der Waals surface area contributed by atoms with E-state index in [1.807, 2.05) is 19.1 Å². The quantitative estimate of drug-likeness (QED) is 0.697. The zero-order valence-electron chi connectivity index (χ0n) is 12.4. The molecular weight excluding hydrogens is 312 g/mol. The molecule has 1 N–H and O–H groups in total. The van der Waals surface area contributed by atoms with Crippen molar-refractivity contribution in [2.24, 2.45) is 0 Å². The molecule has 0 bridgehead atoms. The molecule has 0 atom stereocenters. The smallest absolute Gasteiger partial charge is 0.147 e. The van der Waals surface area contributed by atoms with Crippen molar-refractivity contribution in [2.45, 2.75) is 24.5 Å². The fourth-order valence-corrected chi connectivity index (χ4v) is 3.81. The van der Waals surface area contributed by atoms with E-state index < -0.39 is 0 Å². The lowest BCUT2D eigenvalue weighted by Gasteiger charge is -2.02. The van der Waals surface area contributed by atoms with Gasteiger partial charge in [-0.05, 0) is 37.6 Å². The van der Waals surface area contributed by atoms with Crippen molar-refractivity contribution >= 4 is 23.1 Å². The highest BCUT2D eigenvalue weighted by Crippen LogP contribution is 2.30. The van der Waals surface area contributed by atoms with Crippen LogP contribution in [0.1, 0.15) is 16.1 Å². The molecule has 1 heterocycles. The Morgan fingerprint density at radius 2 is 1.82 bits per heavy atom. The van der Waals surface area contributed by atoms with Gasteiger partial charge in [-0.25, -0.2) is 0 Å². The molecule has 3 rings (SSSR count). The van der Waals surface area contributed by atoms with Crippen molar-refractivity contribution in [3.63, 3.8) is 0 Å². The SMILES string of the molecule is Cc1ccc(-c2nnc(CSc3ccc(O)c(C)c3)s2)cc1. The molecule has 0 radical (unpaired) electrons. The molecule has 0 fully saturated rings. The van der Waals surface area contributed by atoms with Gasteiger partial charge in [0.1, 0.15) is 15.8 Å². The van der Waals surface area contributed by atoms with E-state index in [0.29, 0.717) is 5.75 Å². The van der Waals surface area contributed by atoms with Gasteiger partial charge in [-0.3, -0.25) is 0 Å². The van der Waals surface area contributed by atoms with Crippen LogP contribution in [-0.4, -0.2) is 15.3 Å². The molecule has 0 spiro atoms. The van der Waals surface area contributed by atoms with Crippen LogP contribution in [0.25, 0.3) is 10.6 Å². The van der Waals surface area contributed by atoms with Crippen molar-refractivity contribution in [1.29, 1.82) is 0 Å². The number of hydrogen-bond donors (Lipinski definition) is 1. The Kier molecular flexibility index (Phi) is 4.45. The molecule has 22 heavy (non-hydrogen) atoms. The summed E-state index contributed by atoms with van der Waals surface area (Å²) < 4.78 is 0. The molecule has 0 aliphatic carbocycles. The number of aryl methyl sites for hydroxylation is 2. The summed E-state index contributed by atoms with van der Waals surface area (Å²) in [4.78, 5) is 1.13. The van der Waals surface area contributed by atoms with Gasteiger partial charge in [-0.15, -0.1) is 22.0 Å². The summed E-state index contributed by atoms with van der Waals surface area (Å²) in [7, 11) is 0. The van der Waals surface area contributed by atoms with Gasteiger partial charge >= 0.3 is 0 Å². The molecule has 1 aromatic heterocycles. The van der Waals surface area contributed by atoms with Crippen molar-refractivity contribution < 1.29 is 5.11 Å². The summed E-state index contributed by atoms with van der Waals surface area (Å²) in [6.45, 7) is 3.98. The molecule has 3 aromatic rings. The first-order valence-corrected chi connectivity index (χ1v) is 8.74. The summed E-state index contributed by atoms with van der Waals surface area (Å²) in [5.41, 5.74) is 3.24. The number of hydrogen-bond acceptors (Lipinski definition) is 5. The molecule has 5 heteroatoms. The van der Waals surface area contributed by atoms with E-state index in [-0.39, 0.29) is 0 Å². The van der Waals surface area contributed by atoms with Gasteiger partial charge in [0.15, 0.2) is 0 Å². The maximum absolute atomic E-state index is 9.55. The lowest BCUT2D eigenvalue weighted by molar-refractivity contribution is 0.470. The van der Waals surface area contributed by atoms with Gasteiger partial charge in [0.25, 0.3) is 0 Å². The van der Waals surface area contributed by atoms with Gasteiger partial charge in [-0.2, -0.15) is 0 Å². The van der Waals surface area contributed by atoms with E-state index in [0.717, 1.165) is 31.8 Å². The van der Waals surface area contributed by atoms with E-state index in [2.05, 4.69) is 41.4 Å². The molecule has 3 nitrogen and oxygen atoms in total. The average molecular weight is 328 g/mol. The predicted molar refractivity (Wildman–Crippen MR) is 92.5 cm³/mol. The van der Waals surface area contributed by atoms with Crippen LogP contribution in [0.4, 0.5) is 0 Å². The lowest BCUT2D eigenvalue weighted by Crippen LogP contribution is -1.81. The number of phenolic OH excluding ortho intramolecular Hbond substituents is 1. The molecule has 0 aliphatic heterocycles. The third kappa shape index (κ3) is 3.48. The zero-order chi connectivity index (χ0) is 15.5. The molecule has 0 aliphatic rings. The minimum absolute atomic E-state index is 0.335. The second-order valence-electron chi connectivity index (χ2n) is 5.10. The summed E-state index contributed by atoms with van der Waals surface area (Å²) >= 11 is 3.33. The van der Waals surface area contributed by atoms with E-state index in [1.54, 1.807) is 29.2 Å². The number of phenols is 1. The maximum Gasteiger partial charge on any atom is 0.147 e. The molecule has 0 saturated heterocycles. The first kappa shape index (κ1) is 15.1. The van der Waals surface area contributed by atoms with Crippen LogP contribution < -0.4 is 0 Å². The second-order valence-corrected chi connectivity index (χ2v) is 7.21. The normalized spacial score (nSPS) is 10.8. The van der Waals surface area contributed by atoms with Gasteiger partial charge in [0.05, 0.1) is 5.75 Å². The van der Waals surface area contributed by atoms with Crippen molar-refractivity contribution in [2.75, 3.05) is 0 Å². The van der Waals surface area contributed by atoms with Crippen molar-refractivity contribution in [3.8, 4) is 16.3 Å². The fourth-order valence-electron chi connectivity index (χ4n) is 1.99. The molecule has 0 saturated carbocycles. The Labute approximate surface area is 138 Å². The highest BCUT2D eigenvalue weighted by Gasteiger charge is 2.07. The van der Waals surface area contributed by atoms with Crippen LogP contribution in [0, 0.1) is 13.8 Å². The second kappa shape index (κ2) is 6.50. The summed E-state index contributed by atoms with van der Waals surface area (Å²) in [5, 5.41) is 20.1. The van der Waals surface area contributed by atoms with Crippen LogP contribution in [0.2, 0.25) is 0 Å². The number of aromatic hydroxyl groups is 1. The van der Waals surface area contributed by atoms with Crippen molar-refractivity contribution in [1.82, 2.24) is 10.2 Å². The average Bonchev–Trinajstić information content (AvgIpc) is 2.98. The Balaban J connectivity index is 1.69. The third-order valence-corrected chi connectivity index (χ3v) is 5.46. The number of thioether (sulfide) groups is 1. The van der Waals surface area contributed by atoms with Gasteiger partial charge in [0, 0.05) is 10.5 Å². The highest BCUT2D eigenvalue weighted by atomic mass is 32.2. The molecule has 112 valence electrons. The summed E-state index contributed by atoms with van der Waals surface area (Å²) in [5.74, 6) is 1.12.